The molecule has 0 aliphatic heterocycles. The number of carbonyl (C=O) groups excluding carboxylic acids is 1. The van der Waals surface area contributed by atoms with Crippen molar-refractivity contribution in [2.45, 2.75) is 30.5 Å². The van der Waals surface area contributed by atoms with Crippen LogP contribution in [0.2, 0.25) is 0 Å². The van der Waals surface area contributed by atoms with E-state index in [0.717, 1.165) is 24.2 Å². The summed E-state index contributed by atoms with van der Waals surface area (Å²) in [6, 6.07) is 8.08. The van der Waals surface area contributed by atoms with E-state index >= 15 is 0 Å². The van der Waals surface area contributed by atoms with Crippen LogP contribution >= 0.6 is 11.8 Å². The molecule has 3 rings (SSSR count). The highest BCUT2D eigenvalue weighted by molar-refractivity contribution is 7.99. The van der Waals surface area contributed by atoms with Gasteiger partial charge in [0.15, 0.2) is 0 Å². The average Bonchev–Trinajstić information content (AvgIpc) is 3.23. The van der Waals surface area contributed by atoms with Gasteiger partial charge in [0, 0.05) is 6.04 Å². The van der Waals surface area contributed by atoms with E-state index in [4.69, 9.17) is 9.15 Å². The van der Waals surface area contributed by atoms with Gasteiger partial charge in [0.1, 0.15) is 5.75 Å². The molecule has 1 fully saturated rings. The van der Waals surface area contributed by atoms with Gasteiger partial charge in [0.2, 0.25) is 11.8 Å². The second kappa shape index (κ2) is 6.83. The number of methoxy groups -OCH3 is 1. The number of rotatable bonds is 7. The van der Waals surface area contributed by atoms with E-state index in [2.05, 4.69) is 15.5 Å². The zero-order valence-corrected chi connectivity index (χ0v) is 13.1. The molecule has 1 aromatic carbocycles. The highest BCUT2D eigenvalue weighted by atomic mass is 32.2. The summed E-state index contributed by atoms with van der Waals surface area (Å²) in [7, 11) is 1.63. The monoisotopic (exact) mass is 319 g/mol. The molecule has 0 unspecified atom stereocenters. The van der Waals surface area contributed by atoms with Gasteiger partial charge in [-0.05, 0) is 30.5 Å². The van der Waals surface area contributed by atoms with Crippen molar-refractivity contribution in [3.63, 3.8) is 0 Å². The van der Waals surface area contributed by atoms with Gasteiger partial charge in [-0.1, -0.05) is 23.9 Å². The maximum absolute atomic E-state index is 11.6. The predicted molar refractivity (Wildman–Crippen MR) is 82.0 cm³/mol. The molecule has 1 amide bonds. The fourth-order valence-corrected chi connectivity index (χ4v) is 2.50. The Kier molecular flexibility index (Phi) is 4.62. The van der Waals surface area contributed by atoms with Crippen molar-refractivity contribution in [2.24, 2.45) is 0 Å². The molecule has 1 heterocycles. The first kappa shape index (κ1) is 14.9. The SMILES string of the molecule is COc1ccc(Cc2nnc(SCC(=O)NC3CC3)o2)cc1. The smallest absolute Gasteiger partial charge is 0.277 e. The molecule has 7 heteroatoms. The highest BCUT2D eigenvalue weighted by Crippen LogP contribution is 2.21. The van der Waals surface area contributed by atoms with Crippen LogP contribution in [0.25, 0.3) is 0 Å². The normalized spacial score (nSPS) is 13.9. The van der Waals surface area contributed by atoms with Gasteiger partial charge >= 0.3 is 0 Å². The van der Waals surface area contributed by atoms with Crippen molar-refractivity contribution in [1.29, 1.82) is 0 Å². The zero-order valence-electron chi connectivity index (χ0n) is 12.2. The van der Waals surface area contributed by atoms with E-state index in [9.17, 15) is 4.79 Å². The molecule has 0 atom stereocenters. The third-order valence-corrected chi connectivity index (χ3v) is 4.05. The van der Waals surface area contributed by atoms with E-state index in [0.29, 0.717) is 29.3 Å². The number of benzene rings is 1. The Morgan fingerprint density at radius 3 is 2.82 bits per heavy atom. The summed E-state index contributed by atoms with van der Waals surface area (Å²) in [4.78, 5) is 11.6. The Labute approximate surface area is 132 Å². The van der Waals surface area contributed by atoms with Crippen LogP contribution in [0.4, 0.5) is 0 Å². The molecule has 0 saturated heterocycles. The molecular weight excluding hydrogens is 302 g/mol. The number of amides is 1. The van der Waals surface area contributed by atoms with E-state index < -0.39 is 0 Å². The van der Waals surface area contributed by atoms with Crippen LogP contribution in [-0.2, 0) is 11.2 Å². The maximum atomic E-state index is 11.6. The van der Waals surface area contributed by atoms with Crippen molar-refractivity contribution in [2.75, 3.05) is 12.9 Å². The number of nitrogens with zero attached hydrogens (tertiary/aromatic N) is 2. The third kappa shape index (κ3) is 4.24. The van der Waals surface area contributed by atoms with Gasteiger partial charge in [-0.15, -0.1) is 10.2 Å². The summed E-state index contributed by atoms with van der Waals surface area (Å²) in [6.07, 6.45) is 2.73. The number of hydrogen-bond acceptors (Lipinski definition) is 6. The van der Waals surface area contributed by atoms with Crippen LogP contribution in [0.15, 0.2) is 33.9 Å². The Bertz CT molecular complexity index is 638. The molecule has 22 heavy (non-hydrogen) atoms. The molecule has 1 aliphatic rings. The third-order valence-electron chi connectivity index (χ3n) is 3.23. The van der Waals surface area contributed by atoms with Crippen LogP contribution in [0, 0.1) is 0 Å². The maximum Gasteiger partial charge on any atom is 0.277 e. The van der Waals surface area contributed by atoms with Gasteiger partial charge in [-0.3, -0.25) is 4.79 Å². The van der Waals surface area contributed by atoms with Crippen LogP contribution in [-0.4, -0.2) is 35.0 Å². The number of hydrogen-bond donors (Lipinski definition) is 1. The lowest BCUT2D eigenvalue weighted by Gasteiger charge is -2.01. The summed E-state index contributed by atoms with van der Waals surface area (Å²) >= 11 is 1.26. The Balaban J connectivity index is 1.50. The molecule has 1 N–H and O–H groups in total. The summed E-state index contributed by atoms with van der Waals surface area (Å²) < 4.78 is 10.7. The number of nitrogens with one attached hydrogen (secondary N) is 1. The minimum Gasteiger partial charge on any atom is -0.497 e. The Morgan fingerprint density at radius 2 is 2.14 bits per heavy atom. The van der Waals surface area contributed by atoms with Crippen LogP contribution < -0.4 is 10.1 Å². The molecule has 1 aliphatic carbocycles. The quantitative estimate of drug-likeness (QED) is 0.787. The van der Waals surface area contributed by atoms with E-state index in [1.54, 1.807) is 7.11 Å². The molecule has 0 spiro atoms. The molecule has 0 bridgehead atoms. The van der Waals surface area contributed by atoms with E-state index in [1.165, 1.54) is 11.8 Å². The number of carbonyl (C=O) groups is 1. The average molecular weight is 319 g/mol. The van der Waals surface area contributed by atoms with Crippen LogP contribution in [0.5, 0.6) is 5.75 Å². The van der Waals surface area contributed by atoms with Crippen molar-refractivity contribution in [1.82, 2.24) is 15.5 Å². The fourth-order valence-electron chi connectivity index (χ4n) is 1.91. The number of aromatic nitrogens is 2. The standard InChI is InChI=1S/C15H17N3O3S/c1-20-12-6-2-10(3-7-12)8-14-17-18-15(21-14)22-9-13(19)16-11-4-5-11/h2-3,6-7,11H,4-5,8-9H2,1H3,(H,16,19). The zero-order chi connectivity index (χ0) is 15.4. The van der Waals surface area contributed by atoms with Gasteiger partial charge < -0.3 is 14.5 Å². The highest BCUT2D eigenvalue weighted by Gasteiger charge is 2.23. The van der Waals surface area contributed by atoms with Crippen molar-refractivity contribution >= 4 is 17.7 Å². The van der Waals surface area contributed by atoms with Crippen molar-refractivity contribution < 1.29 is 13.9 Å². The first-order chi connectivity index (χ1) is 10.7. The molecule has 1 aromatic heterocycles. The Morgan fingerprint density at radius 1 is 1.36 bits per heavy atom. The topological polar surface area (TPSA) is 77.2 Å². The predicted octanol–water partition coefficient (Wildman–Crippen LogP) is 2.04. The van der Waals surface area contributed by atoms with Gasteiger partial charge in [-0.2, -0.15) is 0 Å². The molecule has 0 radical (unpaired) electrons. The Hall–Kier alpha value is -2.02. The molecule has 1 saturated carbocycles. The molecule has 116 valence electrons. The summed E-state index contributed by atoms with van der Waals surface area (Å²) in [5.74, 6) is 1.67. The lowest BCUT2D eigenvalue weighted by atomic mass is 10.1. The first-order valence-electron chi connectivity index (χ1n) is 7.10. The van der Waals surface area contributed by atoms with Crippen molar-refractivity contribution in [3.8, 4) is 5.75 Å². The summed E-state index contributed by atoms with van der Waals surface area (Å²) in [5.41, 5.74) is 1.06. The van der Waals surface area contributed by atoms with Gasteiger partial charge in [-0.25, -0.2) is 0 Å². The largest absolute Gasteiger partial charge is 0.497 e. The van der Waals surface area contributed by atoms with Gasteiger partial charge in [0.25, 0.3) is 5.22 Å². The number of ether oxygens (including phenoxy) is 1. The molecular formula is C15H17N3O3S. The molecule has 6 nitrogen and oxygen atoms in total. The first-order valence-corrected chi connectivity index (χ1v) is 8.09. The van der Waals surface area contributed by atoms with Gasteiger partial charge in [0.05, 0.1) is 19.3 Å². The summed E-state index contributed by atoms with van der Waals surface area (Å²) in [6.45, 7) is 0. The summed E-state index contributed by atoms with van der Waals surface area (Å²) in [5, 5.41) is 11.3. The lowest BCUT2D eigenvalue weighted by Crippen LogP contribution is -2.26. The minimum absolute atomic E-state index is 0.0161. The molecule has 2 aromatic rings. The fraction of sp³-hybridized carbons (Fsp3) is 0.400. The van der Waals surface area contributed by atoms with Crippen molar-refractivity contribution in [3.05, 3.63) is 35.7 Å². The number of thioether (sulfide) groups is 1. The van der Waals surface area contributed by atoms with Crippen LogP contribution in [0.1, 0.15) is 24.3 Å². The lowest BCUT2D eigenvalue weighted by molar-refractivity contribution is -0.118. The minimum atomic E-state index is 0.0161. The van der Waals surface area contributed by atoms with E-state index in [-0.39, 0.29) is 5.91 Å². The second-order valence-corrected chi connectivity index (χ2v) is 6.04. The van der Waals surface area contributed by atoms with E-state index in [1.807, 2.05) is 24.3 Å². The van der Waals surface area contributed by atoms with Crippen LogP contribution in [0.3, 0.4) is 0 Å². The second-order valence-electron chi connectivity index (χ2n) is 5.12.